The molecule has 1 heterocycles. The van der Waals surface area contributed by atoms with E-state index in [4.69, 9.17) is 4.74 Å². The number of nitrogens with one attached hydrogen (secondary N) is 1. The van der Waals surface area contributed by atoms with Crippen LogP contribution in [0.3, 0.4) is 0 Å². The van der Waals surface area contributed by atoms with Crippen LogP contribution in [0.15, 0.2) is 45.9 Å². The first kappa shape index (κ1) is 23.8. The highest BCUT2D eigenvalue weighted by molar-refractivity contribution is 9.10. The molecule has 0 aliphatic rings. The van der Waals surface area contributed by atoms with E-state index in [1.54, 1.807) is 57.2 Å². The topological polar surface area (TPSA) is 51.2 Å². The van der Waals surface area contributed by atoms with Crippen molar-refractivity contribution >= 4 is 26.9 Å². The molecule has 0 radical (unpaired) electrons. The summed E-state index contributed by atoms with van der Waals surface area (Å²) >= 11 is 3.22. The number of alkyl halides is 3. The van der Waals surface area contributed by atoms with Gasteiger partial charge in [-0.25, -0.2) is 13.9 Å². The van der Waals surface area contributed by atoms with Crippen LogP contribution in [0.25, 0.3) is 0 Å². The van der Waals surface area contributed by atoms with Gasteiger partial charge in [-0.2, -0.15) is 13.2 Å². The van der Waals surface area contributed by atoms with Gasteiger partial charge >= 0.3 is 6.18 Å². The molecule has 0 fully saturated rings. The molecule has 1 aromatic carbocycles. The van der Waals surface area contributed by atoms with Crippen molar-refractivity contribution in [2.45, 2.75) is 50.7 Å². The molecule has 2 unspecified atom stereocenters. The third kappa shape index (κ3) is 6.26. The van der Waals surface area contributed by atoms with Gasteiger partial charge < -0.3 is 4.74 Å². The fraction of sp³-hybridized carbons (Fsp3) is 0.450. The second kappa shape index (κ2) is 9.57. The maximum Gasteiger partial charge on any atom is 0.410 e. The highest BCUT2D eigenvalue weighted by Gasteiger charge is 2.56. The van der Waals surface area contributed by atoms with E-state index in [9.17, 15) is 17.4 Å². The minimum absolute atomic E-state index is 0.244. The van der Waals surface area contributed by atoms with Crippen LogP contribution in [0, 0.1) is 19.8 Å². The standard InChI is InChI=1S/C20H24BrF3N2O2S/c1-13(2)11-19(20(22,23)24,12-28-17-9-10-18(21)25-15(17)4)26-29(27)16-7-5-14(3)6-8-16/h5-10,13,26H,11-12H2,1-4H3. The van der Waals surface area contributed by atoms with Crippen LogP contribution in [0.4, 0.5) is 13.2 Å². The summed E-state index contributed by atoms with van der Waals surface area (Å²) in [5, 5.41) is 0. The van der Waals surface area contributed by atoms with Crippen LogP contribution in [0.1, 0.15) is 31.5 Å². The molecule has 0 saturated heterocycles. The predicted octanol–water partition coefficient (Wildman–Crippen LogP) is 5.50. The number of ether oxygens (including phenoxy) is 1. The lowest BCUT2D eigenvalue weighted by Crippen LogP contribution is -2.61. The third-order valence-electron chi connectivity index (χ3n) is 4.30. The van der Waals surface area contributed by atoms with E-state index < -0.39 is 29.3 Å². The highest BCUT2D eigenvalue weighted by Crippen LogP contribution is 2.37. The lowest BCUT2D eigenvalue weighted by Gasteiger charge is -2.37. The maximum absolute atomic E-state index is 14.2. The Labute approximate surface area is 180 Å². The van der Waals surface area contributed by atoms with E-state index in [0.717, 1.165) is 5.56 Å². The number of hydrogen-bond acceptors (Lipinski definition) is 3. The van der Waals surface area contributed by atoms with E-state index in [0.29, 0.717) is 10.3 Å². The van der Waals surface area contributed by atoms with Crippen LogP contribution < -0.4 is 9.46 Å². The molecular formula is C20H24BrF3N2O2S. The largest absolute Gasteiger partial charge is 0.489 e. The van der Waals surface area contributed by atoms with E-state index in [-0.39, 0.29) is 23.0 Å². The fourth-order valence-corrected chi connectivity index (χ4v) is 4.36. The molecule has 0 spiro atoms. The molecule has 1 aromatic heterocycles. The summed E-state index contributed by atoms with van der Waals surface area (Å²) in [4.78, 5) is 4.42. The van der Waals surface area contributed by atoms with Gasteiger partial charge in [0.25, 0.3) is 0 Å². The lowest BCUT2D eigenvalue weighted by atomic mass is 9.90. The molecule has 0 saturated carbocycles. The van der Waals surface area contributed by atoms with Gasteiger partial charge in [0.1, 0.15) is 27.9 Å². The monoisotopic (exact) mass is 492 g/mol. The second-order valence-electron chi connectivity index (χ2n) is 7.37. The summed E-state index contributed by atoms with van der Waals surface area (Å²) in [5.41, 5.74) is -1.10. The molecule has 0 aliphatic carbocycles. The number of aryl methyl sites for hydroxylation is 2. The van der Waals surface area contributed by atoms with E-state index in [2.05, 4.69) is 25.6 Å². The normalized spacial score (nSPS) is 15.2. The van der Waals surface area contributed by atoms with Gasteiger partial charge in [-0.1, -0.05) is 31.5 Å². The summed E-state index contributed by atoms with van der Waals surface area (Å²) in [6, 6.07) is 9.68. The van der Waals surface area contributed by atoms with Crippen molar-refractivity contribution in [2.75, 3.05) is 6.61 Å². The molecule has 0 amide bonds. The van der Waals surface area contributed by atoms with Crippen molar-refractivity contribution in [1.82, 2.24) is 9.71 Å². The van der Waals surface area contributed by atoms with Crippen molar-refractivity contribution in [2.24, 2.45) is 5.92 Å². The zero-order chi connectivity index (χ0) is 21.8. The van der Waals surface area contributed by atoms with Gasteiger partial charge in [0.2, 0.25) is 0 Å². The first-order valence-electron chi connectivity index (χ1n) is 9.02. The lowest BCUT2D eigenvalue weighted by molar-refractivity contribution is -0.203. The van der Waals surface area contributed by atoms with E-state index in [1.807, 2.05) is 6.92 Å². The van der Waals surface area contributed by atoms with Crippen LogP contribution in [0.2, 0.25) is 0 Å². The third-order valence-corrected chi connectivity index (χ3v) is 6.02. The van der Waals surface area contributed by atoms with E-state index >= 15 is 0 Å². The molecule has 0 aliphatic heterocycles. The zero-order valence-electron chi connectivity index (χ0n) is 16.6. The van der Waals surface area contributed by atoms with Gasteiger partial charge in [-0.3, -0.25) is 0 Å². The smallest absolute Gasteiger partial charge is 0.410 e. The average molecular weight is 493 g/mol. The Morgan fingerprint density at radius 2 is 1.76 bits per heavy atom. The Kier molecular flexibility index (Phi) is 7.86. The van der Waals surface area contributed by atoms with Crippen LogP contribution >= 0.6 is 15.9 Å². The molecule has 9 heteroatoms. The molecule has 29 heavy (non-hydrogen) atoms. The minimum Gasteiger partial charge on any atom is -0.489 e. The maximum atomic E-state index is 14.2. The average Bonchev–Trinajstić information content (AvgIpc) is 2.59. The Balaban J connectivity index is 2.35. The molecule has 2 rings (SSSR count). The molecule has 2 aromatic rings. The Morgan fingerprint density at radius 1 is 1.14 bits per heavy atom. The van der Waals surface area contributed by atoms with Crippen molar-refractivity contribution in [3.8, 4) is 5.75 Å². The van der Waals surface area contributed by atoms with Crippen molar-refractivity contribution < 1.29 is 22.1 Å². The molecule has 0 bridgehead atoms. The molecular weight excluding hydrogens is 469 g/mol. The number of pyridine rings is 1. The van der Waals surface area contributed by atoms with Gasteiger partial charge in [0, 0.05) is 0 Å². The first-order chi connectivity index (χ1) is 13.4. The molecule has 160 valence electrons. The van der Waals surface area contributed by atoms with E-state index in [1.165, 1.54) is 0 Å². The quantitative estimate of drug-likeness (QED) is 0.495. The number of rotatable bonds is 8. The molecule has 1 N–H and O–H groups in total. The molecule has 2 atom stereocenters. The van der Waals surface area contributed by atoms with Crippen LogP contribution in [-0.4, -0.2) is 27.5 Å². The Hall–Kier alpha value is -1.45. The fourth-order valence-electron chi connectivity index (χ4n) is 2.85. The number of nitrogens with zero attached hydrogens (tertiary/aromatic N) is 1. The second-order valence-corrected chi connectivity index (χ2v) is 9.39. The van der Waals surface area contributed by atoms with Gasteiger partial charge in [0.05, 0.1) is 10.6 Å². The van der Waals surface area contributed by atoms with Gasteiger partial charge in [-0.05, 0) is 66.4 Å². The van der Waals surface area contributed by atoms with Crippen LogP contribution in [-0.2, 0) is 11.0 Å². The number of hydrogen-bond donors (Lipinski definition) is 1. The Bertz CT molecular complexity index is 860. The number of benzene rings is 1. The van der Waals surface area contributed by atoms with Crippen molar-refractivity contribution in [3.63, 3.8) is 0 Å². The summed E-state index contributed by atoms with van der Waals surface area (Å²) in [5.74, 6) is -0.0691. The highest BCUT2D eigenvalue weighted by atomic mass is 79.9. The summed E-state index contributed by atoms with van der Waals surface area (Å²) in [6.07, 6.45) is -4.98. The van der Waals surface area contributed by atoms with Gasteiger partial charge in [0.15, 0.2) is 5.54 Å². The zero-order valence-corrected chi connectivity index (χ0v) is 19.0. The van der Waals surface area contributed by atoms with Crippen molar-refractivity contribution in [3.05, 3.63) is 52.3 Å². The predicted molar refractivity (Wildman–Crippen MR) is 111 cm³/mol. The summed E-state index contributed by atoms with van der Waals surface area (Å²) < 4.78 is 63.9. The number of halogens is 4. The van der Waals surface area contributed by atoms with Gasteiger partial charge in [-0.15, -0.1) is 0 Å². The minimum atomic E-state index is -4.69. The SMILES string of the molecule is Cc1ccc(S(=O)NC(COc2ccc(Br)nc2C)(CC(C)C)C(F)(F)F)cc1. The summed E-state index contributed by atoms with van der Waals surface area (Å²) in [6.45, 7) is 6.14. The van der Waals surface area contributed by atoms with Crippen molar-refractivity contribution in [1.29, 1.82) is 0 Å². The first-order valence-corrected chi connectivity index (χ1v) is 11.0. The number of aromatic nitrogens is 1. The van der Waals surface area contributed by atoms with Crippen LogP contribution in [0.5, 0.6) is 5.75 Å². The molecule has 4 nitrogen and oxygen atoms in total. The Morgan fingerprint density at radius 3 is 2.28 bits per heavy atom. The summed E-state index contributed by atoms with van der Waals surface area (Å²) in [7, 11) is -2.06.